The summed E-state index contributed by atoms with van der Waals surface area (Å²) in [6.07, 6.45) is 1.34. The first kappa shape index (κ1) is 18.7. The van der Waals surface area contributed by atoms with Crippen LogP contribution in [-0.4, -0.2) is 35.5 Å². The van der Waals surface area contributed by atoms with E-state index in [-0.39, 0.29) is 25.3 Å². The molecule has 2 aliphatic heterocycles. The van der Waals surface area contributed by atoms with Crippen LogP contribution in [0.3, 0.4) is 0 Å². The lowest BCUT2D eigenvalue weighted by Crippen LogP contribution is -2.48. The van der Waals surface area contributed by atoms with Crippen molar-refractivity contribution in [3.05, 3.63) is 83.6 Å². The Kier molecular flexibility index (Phi) is 5.29. The third-order valence-corrected chi connectivity index (χ3v) is 4.80. The first-order valence-corrected chi connectivity index (χ1v) is 9.33. The van der Waals surface area contributed by atoms with Gasteiger partial charge in [-0.3, -0.25) is 14.5 Å². The quantitative estimate of drug-likeness (QED) is 0.462. The summed E-state index contributed by atoms with van der Waals surface area (Å²) in [5.41, 5.74) is 1.47. The molecule has 2 saturated heterocycles. The van der Waals surface area contributed by atoms with Crippen LogP contribution in [0.4, 0.5) is 0 Å². The second-order valence-corrected chi connectivity index (χ2v) is 6.85. The van der Waals surface area contributed by atoms with Gasteiger partial charge >= 0.3 is 5.97 Å². The Labute approximate surface area is 167 Å². The van der Waals surface area contributed by atoms with E-state index in [1.165, 1.54) is 6.08 Å². The molecule has 2 aliphatic rings. The van der Waals surface area contributed by atoms with Crippen molar-refractivity contribution in [2.24, 2.45) is 0 Å². The lowest BCUT2D eigenvalue weighted by molar-refractivity contribution is -0.154. The first-order chi connectivity index (χ1) is 14.1. The summed E-state index contributed by atoms with van der Waals surface area (Å²) in [6.45, 7) is 0.382. The van der Waals surface area contributed by atoms with Crippen LogP contribution < -0.4 is 5.32 Å². The zero-order valence-electron chi connectivity index (χ0n) is 15.6. The van der Waals surface area contributed by atoms with E-state index in [1.54, 1.807) is 29.2 Å². The van der Waals surface area contributed by atoms with E-state index in [0.717, 1.165) is 5.56 Å². The van der Waals surface area contributed by atoms with Gasteiger partial charge in [-0.25, -0.2) is 4.79 Å². The number of benzene rings is 2. The van der Waals surface area contributed by atoms with Crippen molar-refractivity contribution >= 4 is 17.8 Å². The van der Waals surface area contributed by atoms with Crippen molar-refractivity contribution in [2.45, 2.75) is 25.3 Å². The van der Waals surface area contributed by atoms with Gasteiger partial charge in [0, 0.05) is 6.08 Å². The molecule has 2 amide bonds. The first-order valence-electron chi connectivity index (χ1n) is 9.33. The van der Waals surface area contributed by atoms with E-state index in [9.17, 15) is 14.4 Å². The normalized spacial score (nSPS) is 19.7. The number of carbonyl (C=O) groups excluding carboxylic acids is 3. The maximum absolute atomic E-state index is 12.7. The fourth-order valence-corrected chi connectivity index (χ4v) is 3.25. The van der Waals surface area contributed by atoms with Gasteiger partial charge in [0.15, 0.2) is 12.3 Å². The molecule has 7 heteroatoms. The molecule has 148 valence electrons. The highest BCUT2D eigenvalue weighted by atomic mass is 16.5. The summed E-state index contributed by atoms with van der Waals surface area (Å²) in [6, 6.07) is 17.3. The van der Waals surface area contributed by atoms with Crippen LogP contribution in [0, 0.1) is 0 Å². The molecule has 7 nitrogen and oxygen atoms in total. The van der Waals surface area contributed by atoms with Crippen LogP contribution in [0.25, 0.3) is 0 Å². The molecular weight excluding hydrogens is 372 g/mol. The van der Waals surface area contributed by atoms with E-state index in [0.29, 0.717) is 17.7 Å². The third-order valence-electron chi connectivity index (χ3n) is 4.80. The van der Waals surface area contributed by atoms with Crippen LogP contribution in [0.1, 0.15) is 23.6 Å². The van der Waals surface area contributed by atoms with E-state index in [2.05, 4.69) is 5.32 Å². The Hall–Kier alpha value is -3.61. The fraction of sp³-hybridized carbons (Fsp3) is 0.227. The number of β-lactam (4-membered cyclic amide) rings is 1. The molecule has 0 radical (unpaired) electrons. The largest absolute Gasteiger partial charge is 0.472 e. The minimum Gasteiger partial charge on any atom is -0.472 e. The van der Waals surface area contributed by atoms with E-state index in [1.807, 2.05) is 36.4 Å². The minimum absolute atomic E-state index is 0.00506. The van der Waals surface area contributed by atoms with E-state index < -0.39 is 17.9 Å². The maximum atomic E-state index is 12.7. The molecule has 4 rings (SSSR count). The summed E-state index contributed by atoms with van der Waals surface area (Å²) < 4.78 is 11.0. The van der Waals surface area contributed by atoms with Crippen LogP contribution in [0.15, 0.2) is 72.5 Å². The average molecular weight is 392 g/mol. The number of ether oxygens (including phenoxy) is 2. The van der Waals surface area contributed by atoms with Crippen LogP contribution in [0.5, 0.6) is 0 Å². The third kappa shape index (κ3) is 4.29. The summed E-state index contributed by atoms with van der Waals surface area (Å²) in [4.78, 5) is 38.2. The van der Waals surface area contributed by atoms with E-state index >= 15 is 0 Å². The lowest BCUT2D eigenvalue weighted by Gasteiger charge is -2.30. The predicted molar refractivity (Wildman–Crippen MR) is 103 cm³/mol. The molecule has 0 bridgehead atoms. The molecule has 0 spiro atoms. The highest BCUT2D eigenvalue weighted by Gasteiger charge is 2.43. The number of carbonyl (C=O) groups is 3. The summed E-state index contributed by atoms with van der Waals surface area (Å²) in [5.74, 6) is -0.633. The fourth-order valence-electron chi connectivity index (χ4n) is 3.25. The molecule has 2 aromatic rings. The van der Waals surface area contributed by atoms with Crippen molar-refractivity contribution in [3.8, 4) is 0 Å². The molecule has 2 atom stereocenters. The Bertz CT molecular complexity index is 942. The predicted octanol–water partition coefficient (Wildman–Crippen LogP) is 2.06. The molecule has 0 aliphatic carbocycles. The summed E-state index contributed by atoms with van der Waals surface area (Å²) >= 11 is 0. The summed E-state index contributed by atoms with van der Waals surface area (Å²) in [7, 11) is 0. The molecule has 2 fully saturated rings. The van der Waals surface area contributed by atoms with Crippen LogP contribution >= 0.6 is 0 Å². The number of rotatable bonds is 6. The number of nitrogens with zero attached hydrogens (tertiary/aromatic N) is 1. The van der Waals surface area contributed by atoms with Gasteiger partial charge in [0.2, 0.25) is 11.8 Å². The van der Waals surface area contributed by atoms with Crippen molar-refractivity contribution in [1.29, 1.82) is 0 Å². The van der Waals surface area contributed by atoms with Crippen molar-refractivity contribution in [2.75, 3.05) is 6.54 Å². The number of hydrogen-bond donors (Lipinski definition) is 1. The Morgan fingerprint density at radius 1 is 1.14 bits per heavy atom. The smallest absolute Gasteiger partial charge is 0.333 e. The van der Waals surface area contributed by atoms with Gasteiger partial charge in [0.25, 0.3) is 0 Å². The Balaban J connectivity index is 1.43. The van der Waals surface area contributed by atoms with Gasteiger partial charge in [-0.05, 0) is 11.1 Å². The topological polar surface area (TPSA) is 84.9 Å². The highest BCUT2D eigenvalue weighted by Crippen LogP contribution is 2.30. The number of esters is 1. The van der Waals surface area contributed by atoms with Crippen LogP contribution in [0.2, 0.25) is 0 Å². The second-order valence-electron chi connectivity index (χ2n) is 6.85. The number of fused-ring (bicyclic) bond motifs is 1. The minimum atomic E-state index is -0.954. The Morgan fingerprint density at radius 3 is 2.48 bits per heavy atom. The second kappa shape index (κ2) is 8.18. The molecule has 1 N–H and O–H groups in total. The van der Waals surface area contributed by atoms with Gasteiger partial charge in [-0.2, -0.15) is 0 Å². The van der Waals surface area contributed by atoms with Gasteiger partial charge in [-0.1, -0.05) is 60.7 Å². The molecule has 2 heterocycles. The zero-order valence-corrected chi connectivity index (χ0v) is 15.6. The number of hydrogen-bond acceptors (Lipinski definition) is 5. The molecule has 2 aromatic carbocycles. The molecule has 0 aromatic heterocycles. The number of amides is 2. The van der Waals surface area contributed by atoms with E-state index in [4.69, 9.17) is 9.47 Å². The van der Waals surface area contributed by atoms with Gasteiger partial charge < -0.3 is 14.8 Å². The van der Waals surface area contributed by atoms with Gasteiger partial charge in [-0.15, -0.1) is 0 Å². The maximum Gasteiger partial charge on any atom is 0.333 e. The Morgan fingerprint density at radius 2 is 1.83 bits per heavy atom. The average Bonchev–Trinajstić information content (AvgIpc) is 3.07. The van der Waals surface area contributed by atoms with Crippen LogP contribution in [-0.2, 0) is 30.5 Å². The van der Waals surface area contributed by atoms with Crippen molar-refractivity contribution in [3.63, 3.8) is 0 Å². The SMILES string of the molecule is O=C(/C=C1/CN2C(=O)CC2O1)N[C@@H](C(=O)OCc1ccccc1)c1ccccc1. The monoisotopic (exact) mass is 392 g/mol. The molecule has 0 saturated carbocycles. The standard InChI is InChI=1S/C22H20N2O5/c25-18(11-17-13-24-19(26)12-20(24)29-17)23-21(16-9-5-2-6-10-16)22(27)28-14-15-7-3-1-4-8-15/h1-11,20-21H,12-14H2,(H,23,25)/b17-11-/t20?,21-/m1/s1. The molecule has 1 unspecified atom stereocenters. The van der Waals surface area contributed by atoms with Crippen molar-refractivity contribution in [1.82, 2.24) is 10.2 Å². The molecule has 29 heavy (non-hydrogen) atoms. The lowest BCUT2D eigenvalue weighted by atomic mass is 10.1. The summed E-state index contributed by atoms with van der Waals surface area (Å²) in [5, 5.41) is 2.68. The zero-order chi connectivity index (χ0) is 20.2. The molecular formula is C22H20N2O5. The van der Waals surface area contributed by atoms with Gasteiger partial charge in [0.1, 0.15) is 12.4 Å². The highest BCUT2D eigenvalue weighted by molar-refractivity contribution is 5.92. The van der Waals surface area contributed by atoms with Crippen molar-refractivity contribution < 1.29 is 23.9 Å². The number of nitrogens with one attached hydrogen (secondary N) is 1. The van der Waals surface area contributed by atoms with Gasteiger partial charge in [0.05, 0.1) is 13.0 Å².